The molecule has 0 aliphatic carbocycles. The fraction of sp³-hybridized carbons (Fsp3) is 0.545. The second-order valence-electron chi connectivity index (χ2n) is 8.53. The molecule has 1 aromatic heterocycles. The Morgan fingerprint density at radius 1 is 1.23 bits per heavy atom. The minimum absolute atomic E-state index is 0.0583. The average molecular weight is 428 g/mol. The Morgan fingerprint density at radius 2 is 2.00 bits per heavy atom. The largest absolute Gasteiger partial charge is 0.497 e. The van der Waals surface area contributed by atoms with E-state index in [2.05, 4.69) is 20.9 Å². The van der Waals surface area contributed by atoms with Crippen LogP contribution in [0.5, 0.6) is 5.75 Å². The number of aromatic nitrogens is 3. The summed E-state index contributed by atoms with van der Waals surface area (Å²) in [6, 6.07) is 8.27. The Balaban J connectivity index is 1.31. The summed E-state index contributed by atoms with van der Waals surface area (Å²) in [6.45, 7) is 5.21. The molecule has 5 rings (SSSR count). The van der Waals surface area contributed by atoms with Crippen molar-refractivity contribution < 1.29 is 19.2 Å². The van der Waals surface area contributed by atoms with Crippen LogP contribution >= 0.6 is 0 Å². The number of benzene rings is 1. The van der Waals surface area contributed by atoms with Gasteiger partial charge in [0, 0.05) is 38.4 Å². The molecule has 3 saturated heterocycles. The summed E-state index contributed by atoms with van der Waals surface area (Å²) in [5.74, 6) is 1.33. The molecule has 31 heavy (non-hydrogen) atoms. The van der Waals surface area contributed by atoms with Crippen LogP contribution in [0.15, 0.2) is 30.5 Å². The van der Waals surface area contributed by atoms with Crippen LogP contribution < -0.4 is 20.3 Å². The van der Waals surface area contributed by atoms with Crippen molar-refractivity contribution in [1.82, 2.24) is 25.6 Å². The predicted octanol–water partition coefficient (Wildman–Crippen LogP) is -0.501. The highest BCUT2D eigenvalue weighted by Crippen LogP contribution is 2.28. The molecule has 1 aromatic carbocycles. The predicted molar refractivity (Wildman–Crippen MR) is 114 cm³/mol. The summed E-state index contributed by atoms with van der Waals surface area (Å²) in [5.41, 5.74) is 1.87. The molecule has 9 heteroatoms. The van der Waals surface area contributed by atoms with Gasteiger partial charge < -0.3 is 20.3 Å². The van der Waals surface area contributed by atoms with Gasteiger partial charge in [-0.15, -0.1) is 5.10 Å². The molecule has 3 N–H and O–H groups in total. The summed E-state index contributed by atoms with van der Waals surface area (Å²) in [6.07, 6.45) is 4.11. The number of quaternary nitrogens is 1. The van der Waals surface area contributed by atoms with Crippen LogP contribution in [0.3, 0.4) is 0 Å². The third-order valence-corrected chi connectivity index (χ3v) is 6.52. The van der Waals surface area contributed by atoms with Crippen LogP contribution in [-0.4, -0.2) is 66.1 Å². The fourth-order valence-electron chi connectivity index (χ4n) is 4.88. The third kappa shape index (κ3) is 5.04. The lowest BCUT2D eigenvalue weighted by atomic mass is 9.75. The van der Waals surface area contributed by atoms with Gasteiger partial charge >= 0.3 is 0 Å². The van der Waals surface area contributed by atoms with Gasteiger partial charge in [0.05, 0.1) is 38.9 Å². The van der Waals surface area contributed by atoms with Crippen LogP contribution in [-0.2, 0) is 16.1 Å². The van der Waals surface area contributed by atoms with Gasteiger partial charge in [0.25, 0.3) is 0 Å². The Bertz CT molecular complexity index is 912. The van der Waals surface area contributed by atoms with E-state index in [1.807, 2.05) is 35.1 Å². The van der Waals surface area contributed by atoms with Crippen molar-refractivity contribution in [2.24, 2.45) is 11.8 Å². The Labute approximate surface area is 182 Å². The topological polar surface area (TPSA) is 103 Å². The first-order valence-corrected chi connectivity index (χ1v) is 10.9. The molecule has 3 aliphatic rings. The number of ether oxygens (including phenoxy) is 1. The van der Waals surface area contributed by atoms with E-state index in [0.717, 1.165) is 49.5 Å². The second-order valence-corrected chi connectivity index (χ2v) is 8.53. The van der Waals surface area contributed by atoms with Gasteiger partial charge in [0.15, 0.2) is 0 Å². The standard InChI is InChI=1S/C22H30N6O3/c1-15(29)23-8-9-24-22(30)20-13-27-10-7-17(20)11-18(27)12-28-14-21(25-26-28)16-3-5-19(31-2)6-4-16/h3-6,14,17-18,20H,7-13H2,1-2H3,(H,23,29)(H,24,30)/p+1/t17-,18+,20-/m0/s1. The van der Waals surface area contributed by atoms with Crippen molar-refractivity contribution in [2.45, 2.75) is 32.4 Å². The molecule has 0 saturated carbocycles. The highest BCUT2D eigenvalue weighted by Gasteiger charge is 2.46. The van der Waals surface area contributed by atoms with Crippen LogP contribution in [0.2, 0.25) is 0 Å². The van der Waals surface area contributed by atoms with E-state index in [1.54, 1.807) is 7.11 Å². The molecule has 9 nitrogen and oxygen atoms in total. The van der Waals surface area contributed by atoms with Gasteiger partial charge in [0.1, 0.15) is 17.5 Å². The number of piperidine rings is 3. The van der Waals surface area contributed by atoms with Gasteiger partial charge in [-0.05, 0) is 30.2 Å². The molecular weight excluding hydrogens is 396 g/mol. The summed E-state index contributed by atoms with van der Waals surface area (Å²) < 4.78 is 7.14. The lowest BCUT2D eigenvalue weighted by Gasteiger charge is -2.46. The molecule has 2 amide bonds. The number of hydrogen-bond acceptors (Lipinski definition) is 5. The number of carbonyl (C=O) groups excluding carboxylic acids is 2. The van der Waals surface area contributed by atoms with E-state index in [-0.39, 0.29) is 17.7 Å². The van der Waals surface area contributed by atoms with Gasteiger partial charge in [0.2, 0.25) is 11.8 Å². The molecule has 2 aromatic rings. The maximum Gasteiger partial charge on any atom is 0.229 e. The first-order chi connectivity index (χ1) is 15.0. The van der Waals surface area contributed by atoms with Crippen LogP contribution in [0.4, 0.5) is 0 Å². The molecule has 0 spiro atoms. The average Bonchev–Trinajstić information content (AvgIpc) is 3.25. The highest BCUT2D eigenvalue weighted by atomic mass is 16.5. The smallest absolute Gasteiger partial charge is 0.229 e. The Kier molecular flexibility index (Phi) is 6.50. The molecule has 166 valence electrons. The lowest BCUT2D eigenvalue weighted by molar-refractivity contribution is -0.945. The van der Waals surface area contributed by atoms with E-state index in [9.17, 15) is 9.59 Å². The van der Waals surface area contributed by atoms with Gasteiger partial charge in [-0.3, -0.25) is 9.59 Å². The van der Waals surface area contributed by atoms with Crippen molar-refractivity contribution in [1.29, 1.82) is 0 Å². The van der Waals surface area contributed by atoms with Gasteiger partial charge in [-0.2, -0.15) is 0 Å². The maximum absolute atomic E-state index is 12.6. The van der Waals surface area contributed by atoms with Crippen LogP contribution in [0.25, 0.3) is 11.3 Å². The number of fused-ring (bicyclic) bond motifs is 3. The zero-order chi connectivity index (χ0) is 21.8. The number of hydrogen-bond donors (Lipinski definition) is 3. The minimum atomic E-state index is -0.0763. The minimum Gasteiger partial charge on any atom is -0.497 e. The van der Waals surface area contributed by atoms with Crippen LogP contribution in [0.1, 0.15) is 19.8 Å². The zero-order valence-electron chi connectivity index (χ0n) is 18.1. The normalized spacial score (nSPS) is 24.6. The zero-order valence-corrected chi connectivity index (χ0v) is 18.1. The number of nitrogens with one attached hydrogen (secondary N) is 3. The maximum atomic E-state index is 12.6. The summed E-state index contributed by atoms with van der Waals surface area (Å²) >= 11 is 0. The van der Waals surface area contributed by atoms with E-state index in [4.69, 9.17) is 4.74 Å². The van der Waals surface area contributed by atoms with Crippen molar-refractivity contribution in [2.75, 3.05) is 33.3 Å². The summed E-state index contributed by atoms with van der Waals surface area (Å²) in [5, 5.41) is 14.4. The van der Waals surface area contributed by atoms with Crippen molar-refractivity contribution in [3.8, 4) is 17.0 Å². The molecular formula is C22H31N6O3+. The second kappa shape index (κ2) is 9.47. The number of carbonyl (C=O) groups is 2. The first-order valence-electron chi connectivity index (χ1n) is 10.9. The molecule has 3 aliphatic heterocycles. The molecule has 4 atom stereocenters. The van der Waals surface area contributed by atoms with Gasteiger partial charge in [-0.25, -0.2) is 4.68 Å². The summed E-state index contributed by atoms with van der Waals surface area (Å²) in [7, 11) is 1.65. The number of nitrogens with zero attached hydrogens (tertiary/aromatic N) is 3. The SMILES string of the molecule is COc1ccc(-c2cn(C[C@H]3C[C@@H]4CC[NH+]3C[C@@H]4C(=O)NCCNC(C)=O)nn2)cc1. The first kappa shape index (κ1) is 21.3. The van der Waals surface area contributed by atoms with Crippen molar-refractivity contribution >= 4 is 11.8 Å². The molecule has 1 unspecified atom stereocenters. The highest BCUT2D eigenvalue weighted by molar-refractivity contribution is 5.79. The number of methoxy groups -OCH3 is 1. The van der Waals surface area contributed by atoms with Crippen LogP contribution in [0, 0.1) is 11.8 Å². The third-order valence-electron chi connectivity index (χ3n) is 6.52. The number of amides is 2. The fourth-order valence-corrected chi connectivity index (χ4v) is 4.88. The van der Waals surface area contributed by atoms with E-state index < -0.39 is 0 Å². The van der Waals surface area contributed by atoms with E-state index in [0.29, 0.717) is 25.0 Å². The molecule has 2 bridgehead atoms. The lowest BCUT2D eigenvalue weighted by Crippen LogP contribution is -3.20. The monoisotopic (exact) mass is 427 g/mol. The Morgan fingerprint density at radius 3 is 2.68 bits per heavy atom. The molecule has 3 fully saturated rings. The summed E-state index contributed by atoms with van der Waals surface area (Å²) in [4.78, 5) is 25.1. The van der Waals surface area contributed by atoms with Crippen molar-refractivity contribution in [3.05, 3.63) is 30.5 Å². The molecule has 4 heterocycles. The van der Waals surface area contributed by atoms with E-state index in [1.165, 1.54) is 11.8 Å². The van der Waals surface area contributed by atoms with Crippen molar-refractivity contribution in [3.63, 3.8) is 0 Å². The van der Waals surface area contributed by atoms with E-state index >= 15 is 0 Å². The Hall–Kier alpha value is -2.94. The number of rotatable bonds is 8. The molecule has 0 radical (unpaired) electrons. The van der Waals surface area contributed by atoms with Gasteiger partial charge in [-0.1, -0.05) is 5.21 Å². The quantitative estimate of drug-likeness (QED) is 0.493.